The minimum atomic E-state index is -0.393. The molecule has 0 saturated heterocycles. The highest BCUT2D eigenvalue weighted by Crippen LogP contribution is 2.08. The number of halogens is 1. The zero-order valence-electron chi connectivity index (χ0n) is 9.47. The standard InChI is InChI=1S/C15H10FNO/c16-15-9-8-13(14(10-15)11-17-18)7-6-12-4-2-1-3-5-12/h1-5,8-11,18H. The predicted molar refractivity (Wildman–Crippen MR) is 68.2 cm³/mol. The van der Waals surface area contributed by atoms with E-state index in [1.165, 1.54) is 12.1 Å². The van der Waals surface area contributed by atoms with Crippen LogP contribution in [0.4, 0.5) is 4.39 Å². The van der Waals surface area contributed by atoms with Crippen molar-refractivity contribution in [3.05, 3.63) is 71.0 Å². The summed E-state index contributed by atoms with van der Waals surface area (Å²) < 4.78 is 13.0. The molecule has 2 nitrogen and oxygen atoms in total. The first-order valence-electron chi connectivity index (χ1n) is 5.33. The summed E-state index contributed by atoms with van der Waals surface area (Å²) in [5.41, 5.74) is 1.92. The van der Waals surface area contributed by atoms with Crippen LogP contribution in [0.5, 0.6) is 0 Å². The molecule has 0 heterocycles. The molecule has 0 aromatic heterocycles. The third-order valence-corrected chi connectivity index (χ3v) is 2.33. The van der Waals surface area contributed by atoms with Crippen molar-refractivity contribution in [3.63, 3.8) is 0 Å². The van der Waals surface area contributed by atoms with Crippen LogP contribution in [0, 0.1) is 17.7 Å². The normalized spacial score (nSPS) is 10.1. The Morgan fingerprint density at radius 2 is 1.83 bits per heavy atom. The molecule has 0 aliphatic rings. The maximum absolute atomic E-state index is 13.0. The van der Waals surface area contributed by atoms with Crippen molar-refractivity contribution in [2.45, 2.75) is 0 Å². The smallest absolute Gasteiger partial charge is 0.123 e. The minimum Gasteiger partial charge on any atom is -0.411 e. The zero-order chi connectivity index (χ0) is 12.8. The Morgan fingerprint density at radius 3 is 2.56 bits per heavy atom. The fourth-order valence-corrected chi connectivity index (χ4v) is 1.48. The van der Waals surface area contributed by atoms with Crippen LogP contribution in [0.15, 0.2) is 53.7 Å². The number of hydrogen-bond donors (Lipinski definition) is 1. The highest BCUT2D eigenvalue weighted by Gasteiger charge is 1.99. The highest BCUT2D eigenvalue weighted by molar-refractivity contribution is 5.83. The molecule has 0 spiro atoms. The first-order valence-corrected chi connectivity index (χ1v) is 5.33. The van der Waals surface area contributed by atoms with Gasteiger partial charge >= 0.3 is 0 Å². The van der Waals surface area contributed by atoms with E-state index < -0.39 is 5.82 Å². The molecular weight excluding hydrogens is 229 g/mol. The molecule has 0 saturated carbocycles. The van der Waals surface area contributed by atoms with Gasteiger partial charge in [-0.1, -0.05) is 35.2 Å². The summed E-state index contributed by atoms with van der Waals surface area (Å²) >= 11 is 0. The Morgan fingerprint density at radius 1 is 1.06 bits per heavy atom. The second kappa shape index (κ2) is 5.65. The molecule has 18 heavy (non-hydrogen) atoms. The number of hydrogen-bond acceptors (Lipinski definition) is 2. The van der Waals surface area contributed by atoms with Gasteiger partial charge in [0.1, 0.15) is 5.82 Å². The Kier molecular flexibility index (Phi) is 3.72. The van der Waals surface area contributed by atoms with Crippen LogP contribution in [-0.2, 0) is 0 Å². The van der Waals surface area contributed by atoms with Crippen LogP contribution in [0.2, 0.25) is 0 Å². The third kappa shape index (κ3) is 2.96. The van der Waals surface area contributed by atoms with Gasteiger partial charge in [-0.2, -0.15) is 0 Å². The topological polar surface area (TPSA) is 32.6 Å². The molecule has 2 aromatic rings. The fourth-order valence-electron chi connectivity index (χ4n) is 1.48. The summed E-state index contributed by atoms with van der Waals surface area (Å²) in [5.74, 6) is 5.49. The van der Waals surface area contributed by atoms with Crippen LogP contribution in [0.25, 0.3) is 0 Å². The average Bonchev–Trinajstić information content (AvgIpc) is 2.39. The molecule has 0 radical (unpaired) electrons. The molecule has 88 valence electrons. The third-order valence-electron chi connectivity index (χ3n) is 2.33. The Bertz CT molecular complexity index is 624. The van der Waals surface area contributed by atoms with Gasteiger partial charge in [-0.25, -0.2) is 4.39 Å². The lowest BCUT2D eigenvalue weighted by molar-refractivity contribution is 0.322. The van der Waals surface area contributed by atoms with E-state index in [-0.39, 0.29) is 0 Å². The molecule has 0 aliphatic carbocycles. The highest BCUT2D eigenvalue weighted by atomic mass is 19.1. The first kappa shape index (κ1) is 11.9. The summed E-state index contributed by atoms with van der Waals surface area (Å²) in [6, 6.07) is 13.6. The van der Waals surface area contributed by atoms with Crippen LogP contribution in [-0.4, -0.2) is 11.4 Å². The average molecular weight is 239 g/mol. The van der Waals surface area contributed by atoms with E-state index in [0.717, 1.165) is 11.8 Å². The van der Waals surface area contributed by atoms with Gasteiger partial charge in [0.2, 0.25) is 0 Å². The molecule has 1 N–H and O–H groups in total. The summed E-state index contributed by atoms with van der Waals surface area (Å²) in [7, 11) is 0. The molecule has 0 aliphatic heterocycles. The lowest BCUT2D eigenvalue weighted by Crippen LogP contribution is -1.90. The molecule has 0 atom stereocenters. The van der Waals surface area contributed by atoms with E-state index in [0.29, 0.717) is 11.1 Å². The largest absolute Gasteiger partial charge is 0.411 e. The summed E-state index contributed by atoms with van der Waals surface area (Å²) in [5, 5.41) is 11.4. The maximum Gasteiger partial charge on any atom is 0.123 e. The van der Waals surface area contributed by atoms with E-state index in [1.807, 2.05) is 30.3 Å². The van der Waals surface area contributed by atoms with Crippen molar-refractivity contribution in [1.82, 2.24) is 0 Å². The van der Waals surface area contributed by atoms with Gasteiger partial charge < -0.3 is 5.21 Å². The van der Waals surface area contributed by atoms with Crippen LogP contribution >= 0.6 is 0 Å². The number of benzene rings is 2. The van der Waals surface area contributed by atoms with Gasteiger partial charge in [-0.3, -0.25) is 0 Å². The van der Waals surface area contributed by atoms with Crippen molar-refractivity contribution in [1.29, 1.82) is 0 Å². The van der Waals surface area contributed by atoms with Gasteiger partial charge in [-0.15, -0.1) is 0 Å². The van der Waals surface area contributed by atoms with Gasteiger partial charge in [0.05, 0.1) is 6.21 Å². The van der Waals surface area contributed by atoms with Gasteiger partial charge in [-0.05, 0) is 30.3 Å². The van der Waals surface area contributed by atoms with Crippen LogP contribution < -0.4 is 0 Å². The lowest BCUT2D eigenvalue weighted by atomic mass is 10.1. The first-order chi connectivity index (χ1) is 8.79. The van der Waals surface area contributed by atoms with E-state index in [4.69, 9.17) is 5.21 Å². The molecule has 0 amide bonds. The van der Waals surface area contributed by atoms with Gasteiger partial charge in [0, 0.05) is 16.7 Å². The summed E-state index contributed by atoms with van der Waals surface area (Å²) in [6.45, 7) is 0. The Hall–Kier alpha value is -2.60. The SMILES string of the molecule is ON=Cc1cc(F)ccc1C#Cc1ccccc1. The van der Waals surface area contributed by atoms with Crippen LogP contribution in [0.3, 0.4) is 0 Å². The number of oxime groups is 1. The summed E-state index contributed by atoms with van der Waals surface area (Å²) in [6.07, 6.45) is 1.16. The van der Waals surface area contributed by atoms with Gasteiger partial charge in [0.15, 0.2) is 0 Å². The number of rotatable bonds is 1. The van der Waals surface area contributed by atoms with Gasteiger partial charge in [0.25, 0.3) is 0 Å². The van der Waals surface area contributed by atoms with Crippen molar-refractivity contribution < 1.29 is 9.60 Å². The molecule has 0 fully saturated rings. The molecule has 0 bridgehead atoms. The predicted octanol–water partition coefficient (Wildman–Crippen LogP) is 3.03. The van der Waals surface area contributed by atoms with Crippen LogP contribution in [0.1, 0.15) is 16.7 Å². The summed E-state index contributed by atoms with van der Waals surface area (Å²) in [4.78, 5) is 0. The molecule has 2 aromatic carbocycles. The van der Waals surface area contributed by atoms with E-state index in [9.17, 15) is 4.39 Å². The van der Waals surface area contributed by atoms with Crippen molar-refractivity contribution in [2.24, 2.45) is 5.16 Å². The second-order valence-corrected chi connectivity index (χ2v) is 3.59. The second-order valence-electron chi connectivity index (χ2n) is 3.59. The maximum atomic E-state index is 13.0. The Labute approximate surface area is 104 Å². The quantitative estimate of drug-likeness (QED) is 0.353. The van der Waals surface area contributed by atoms with Crippen molar-refractivity contribution in [3.8, 4) is 11.8 Å². The molecule has 2 rings (SSSR count). The van der Waals surface area contributed by atoms with E-state index >= 15 is 0 Å². The van der Waals surface area contributed by atoms with Crippen molar-refractivity contribution in [2.75, 3.05) is 0 Å². The zero-order valence-corrected chi connectivity index (χ0v) is 9.47. The monoisotopic (exact) mass is 239 g/mol. The molecule has 0 unspecified atom stereocenters. The Balaban J connectivity index is 2.38. The fraction of sp³-hybridized carbons (Fsp3) is 0. The van der Waals surface area contributed by atoms with Crippen molar-refractivity contribution >= 4 is 6.21 Å². The van der Waals surface area contributed by atoms with E-state index in [2.05, 4.69) is 17.0 Å². The minimum absolute atomic E-state index is 0.393. The molecular formula is C15H10FNO. The van der Waals surface area contributed by atoms with E-state index in [1.54, 1.807) is 6.07 Å². The molecule has 3 heteroatoms. The number of nitrogens with zero attached hydrogens (tertiary/aromatic N) is 1. The lowest BCUT2D eigenvalue weighted by Gasteiger charge is -1.97.